The lowest BCUT2D eigenvalue weighted by Crippen LogP contribution is -2.31. The molecule has 1 aromatic heterocycles. The minimum Gasteiger partial charge on any atom is -0.377 e. The Morgan fingerprint density at radius 3 is 2.76 bits per heavy atom. The first-order valence-electron chi connectivity index (χ1n) is 7.29. The van der Waals surface area contributed by atoms with Crippen LogP contribution >= 0.6 is 0 Å². The zero-order chi connectivity index (χ0) is 14.8. The van der Waals surface area contributed by atoms with Crippen molar-refractivity contribution in [1.29, 1.82) is 0 Å². The summed E-state index contributed by atoms with van der Waals surface area (Å²) in [4.78, 5) is 27.7. The van der Waals surface area contributed by atoms with Crippen LogP contribution in [0, 0.1) is 11.8 Å². The smallest absolute Gasteiger partial charge is 0.230 e. The van der Waals surface area contributed by atoms with Crippen molar-refractivity contribution in [3.05, 3.63) is 18.5 Å². The molecule has 2 aliphatic rings. The van der Waals surface area contributed by atoms with Gasteiger partial charge in [0.15, 0.2) is 0 Å². The maximum atomic E-state index is 12.5. The van der Waals surface area contributed by atoms with Gasteiger partial charge in [0, 0.05) is 19.7 Å². The predicted octanol–water partition coefficient (Wildman–Crippen LogP) is 1.79. The van der Waals surface area contributed by atoms with E-state index in [-0.39, 0.29) is 23.8 Å². The molecule has 0 unspecified atom stereocenters. The van der Waals surface area contributed by atoms with Crippen molar-refractivity contribution < 1.29 is 14.3 Å². The van der Waals surface area contributed by atoms with Crippen LogP contribution < -0.4 is 10.6 Å². The molecule has 1 saturated carbocycles. The number of carbonyl (C=O) groups excluding carboxylic acids is 2. The summed E-state index contributed by atoms with van der Waals surface area (Å²) in [6, 6.07) is 1.67. The van der Waals surface area contributed by atoms with Gasteiger partial charge in [-0.25, -0.2) is 0 Å². The highest BCUT2D eigenvalue weighted by atomic mass is 16.5. The van der Waals surface area contributed by atoms with Gasteiger partial charge in [0.05, 0.1) is 29.6 Å². The van der Waals surface area contributed by atoms with Gasteiger partial charge in [0.1, 0.15) is 0 Å². The van der Waals surface area contributed by atoms with E-state index in [9.17, 15) is 9.59 Å². The number of hydrogen-bond acceptors (Lipinski definition) is 4. The van der Waals surface area contributed by atoms with Crippen molar-refractivity contribution in [1.82, 2.24) is 4.98 Å². The fourth-order valence-corrected chi connectivity index (χ4v) is 2.80. The normalized spacial score (nSPS) is 24.6. The number of carbonyl (C=O) groups is 2. The van der Waals surface area contributed by atoms with Crippen molar-refractivity contribution in [3.63, 3.8) is 0 Å². The molecule has 3 rings (SSSR count). The highest BCUT2D eigenvalue weighted by Gasteiger charge is 2.43. The summed E-state index contributed by atoms with van der Waals surface area (Å²) in [6.07, 6.45) is 6.23. The molecule has 2 N–H and O–H groups in total. The zero-order valence-corrected chi connectivity index (χ0v) is 12.0. The summed E-state index contributed by atoms with van der Waals surface area (Å²) in [5.74, 6) is 0.190. The van der Waals surface area contributed by atoms with E-state index >= 15 is 0 Å². The molecule has 6 heteroatoms. The van der Waals surface area contributed by atoms with E-state index in [1.165, 1.54) is 6.92 Å². The second kappa shape index (κ2) is 5.81. The summed E-state index contributed by atoms with van der Waals surface area (Å²) in [6.45, 7) is 2.07. The predicted molar refractivity (Wildman–Crippen MR) is 77.7 cm³/mol. The van der Waals surface area contributed by atoms with Crippen LogP contribution in [0.5, 0.6) is 0 Å². The van der Waals surface area contributed by atoms with Gasteiger partial charge in [-0.05, 0) is 31.2 Å². The molecule has 2 atom stereocenters. The van der Waals surface area contributed by atoms with Crippen molar-refractivity contribution in [2.24, 2.45) is 11.8 Å². The molecule has 0 bridgehead atoms. The zero-order valence-electron chi connectivity index (χ0n) is 12.0. The molecule has 21 heavy (non-hydrogen) atoms. The third-order valence-corrected chi connectivity index (χ3v) is 3.95. The van der Waals surface area contributed by atoms with Crippen LogP contribution in [0.3, 0.4) is 0 Å². The van der Waals surface area contributed by atoms with E-state index in [4.69, 9.17) is 4.74 Å². The van der Waals surface area contributed by atoms with Crippen molar-refractivity contribution in [3.8, 4) is 0 Å². The summed E-state index contributed by atoms with van der Waals surface area (Å²) in [7, 11) is 0. The average Bonchev–Trinajstić information content (AvgIpc) is 3.17. The van der Waals surface area contributed by atoms with Crippen LogP contribution in [0.1, 0.15) is 26.2 Å². The highest BCUT2D eigenvalue weighted by Crippen LogP contribution is 2.41. The number of nitrogens with one attached hydrogen (secondary N) is 2. The lowest BCUT2D eigenvalue weighted by Gasteiger charge is -2.18. The Labute approximate surface area is 123 Å². The molecule has 0 spiro atoms. The van der Waals surface area contributed by atoms with E-state index in [2.05, 4.69) is 15.6 Å². The fourth-order valence-electron chi connectivity index (χ4n) is 2.80. The van der Waals surface area contributed by atoms with Gasteiger partial charge in [-0.2, -0.15) is 0 Å². The minimum absolute atomic E-state index is 0.0471. The van der Waals surface area contributed by atoms with Crippen LogP contribution in [-0.2, 0) is 14.3 Å². The second-order valence-electron chi connectivity index (χ2n) is 5.66. The summed E-state index contributed by atoms with van der Waals surface area (Å²) < 4.78 is 5.70. The van der Waals surface area contributed by atoms with Gasteiger partial charge in [-0.1, -0.05) is 0 Å². The molecule has 112 valence electrons. The maximum absolute atomic E-state index is 12.5. The van der Waals surface area contributed by atoms with Gasteiger partial charge in [0.25, 0.3) is 0 Å². The molecule has 1 saturated heterocycles. The molecule has 2 amide bonds. The van der Waals surface area contributed by atoms with E-state index < -0.39 is 0 Å². The van der Waals surface area contributed by atoms with E-state index in [1.807, 2.05) is 0 Å². The fraction of sp³-hybridized carbons (Fsp3) is 0.533. The Kier molecular flexibility index (Phi) is 3.88. The topological polar surface area (TPSA) is 80.3 Å². The van der Waals surface area contributed by atoms with Crippen LogP contribution in [0.4, 0.5) is 11.4 Å². The van der Waals surface area contributed by atoms with Gasteiger partial charge >= 0.3 is 0 Å². The van der Waals surface area contributed by atoms with E-state index in [0.717, 1.165) is 19.3 Å². The lowest BCUT2D eigenvalue weighted by atomic mass is 9.97. The summed E-state index contributed by atoms with van der Waals surface area (Å²) in [5.41, 5.74) is 1.09. The standard InChI is InChI=1S/C15H19N3O3/c1-9(19)17-12-4-6-16-8-13(12)18-15(20)11-5-7-21-14(11)10-2-3-10/h4,6,8,10-11,14H,2-3,5,7H2,1H3,(H,18,20)(H,16,17,19)/t11-,14+/m1/s1. The van der Waals surface area contributed by atoms with E-state index in [1.54, 1.807) is 18.5 Å². The quantitative estimate of drug-likeness (QED) is 0.885. The molecule has 2 fully saturated rings. The monoisotopic (exact) mass is 289 g/mol. The van der Waals surface area contributed by atoms with Gasteiger partial charge < -0.3 is 15.4 Å². The Morgan fingerprint density at radius 2 is 2.05 bits per heavy atom. The Bertz CT molecular complexity index is 557. The first-order valence-corrected chi connectivity index (χ1v) is 7.29. The number of aromatic nitrogens is 1. The number of anilines is 2. The molecule has 2 heterocycles. The Balaban J connectivity index is 1.71. The molecular formula is C15H19N3O3. The first kappa shape index (κ1) is 14.0. The molecule has 0 radical (unpaired) electrons. The van der Waals surface area contributed by atoms with Crippen molar-refractivity contribution in [2.75, 3.05) is 17.2 Å². The summed E-state index contributed by atoms with van der Waals surface area (Å²) >= 11 is 0. The third-order valence-electron chi connectivity index (χ3n) is 3.95. The van der Waals surface area contributed by atoms with Crippen molar-refractivity contribution in [2.45, 2.75) is 32.3 Å². The van der Waals surface area contributed by atoms with Crippen LogP contribution in [0.2, 0.25) is 0 Å². The number of rotatable bonds is 4. The summed E-state index contributed by atoms with van der Waals surface area (Å²) in [5, 5.41) is 5.57. The van der Waals surface area contributed by atoms with Gasteiger partial charge in [-0.3, -0.25) is 14.6 Å². The Hall–Kier alpha value is -1.95. The maximum Gasteiger partial charge on any atom is 0.230 e. The number of ether oxygens (including phenoxy) is 1. The molecular weight excluding hydrogens is 270 g/mol. The van der Waals surface area contributed by atoms with Gasteiger partial charge in [0.2, 0.25) is 11.8 Å². The van der Waals surface area contributed by atoms with Crippen molar-refractivity contribution >= 4 is 23.2 Å². The molecule has 1 aliphatic carbocycles. The van der Waals surface area contributed by atoms with Crippen LogP contribution in [0.15, 0.2) is 18.5 Å². The molecule has 6 nitrogen and oxygen atoms in total. The second-order valence-corrected chi connectivity index (χ2v) is 5.66. The SMILES string of the molecule is CC(=O)Nc1ccncc1NC(=O)[C@@H]1CCO[C@H]1C1CC1. The number of nitrogens with zero attached hydrogens (tertiary/aromatic N) is 1. The molecule has 0 aromatic carbocycles. The first-order chi connectivity index (χ1) is 10.1. The molecule has 1 aromatic rings. The largest absolute Gasteiger partial charge is 0.377 e. The lowest BCUT2D eigenvalue weighted by molar-refractivity contribution is -0.121. The minimum atomic E-state index is -0.184. The number of pyridine rings is 1. The Morgan fingerprint density at radius 1 is 1.24 bits per heavy atom. The average molecular weight is 289 g/mol. The van der Waals surface area contributed by atoms with Gasteiger partial charge in [-0.15, -0.1) is 0 Å². The third kappa shape index (κ3) is 3.21. The van der Waals surface area contributed by atoms with Crippen LogP contribution in [0.25, 0.3) is 0 Å². The highest BCUT2D eigenvalue weighted by molar-refractivity contribution is 5.99. The number of amides is 2. The number of hydrogen-bond donors (Lipinski definition) is 2. The van der Waals surface area contributed by atoms with Crippen LogP contribution in [-0.4, -0.2) is 29.5 Å². The van der Waals surface area contributed by atoms with E-state index in [0.29, 0.717) is 23.9 Å². The molecule has 1 aliphatic heterocycles.